The summed E-state index contributed by atoms with van der Waals surface area (Å²) in [6.45, 7) is 1.71. The maximum Gasteiger partial charge on any atom is 0.0563 e. The molecule has 14 heavy (non-hydrogen) atoms. The molecule has 2 heterocycles. The third kappa shape index (κ3) is 2.28. The van der Waals surface area contributed by atoms with E-state index >= 15 is 0 Å². The number of aromatic nitrogens is 2. The van der Waals surface area contributed by atoms with Gasteiger partial charge in [0.1, 0.15) is 0 Å². The Kier molecular flexibility index (Phi) is 3.43. The Hall–Kier alpha value is -0.540. The molecule has 0 amide bonds. The van der Waals surface area contributed by atoms with Gasteiger partial charge in [-0.05, 0) is 24.8 Å². The summed E-state index contributed by atoms with van der Waals surface area (Å²) in [7, 11) is 0. The number of halogens is 1. The summed E-state index contributed by atoms with van der Waals surface area (Å²) in [5.74, 6) is 0.666. The van der Waals surface area contributed by atoms with Crippen molar-refractivity contribution in [3.8, 4) is 0 Å². The van der Waals surface area contributed by atoms with Crippen LogP contribution in [0.4, 0.5) is 0 Å². The molecule has 0 saturated carbocycles. The molecule has 0 N–H and O–H groups in total. The van der Waals surface area contributed by atoms with Crippen LogP contribution in [0.1, 0.15) is 24.4 Å². The van der Waals surface area contributed by atoms with E-state index in [9.17, 15) is 0 Å². The van der Waals surface area contributed by atoms with E-state index in [1.54, 1.807) is 0 Å². The van der Waals surface area contributed by atoms with Crippen LogP contribution < -0.4 is 0 Å². The van der Waals surface area contributed by atoms with Crippen LogP contribution in [0.2, 0.25) is 0 Å². The summed E-state index contributed by atoms with van der Waals surface area (Å²) in [5.41, 5.74) is 1.23. The molecule has 0 bridgehead atoms. The average Bonchev–Trinajstić information content (AvgIpc) is 2.68. The zero-order valence-corrected chi connectivity index (χ0v) is 8.91. The molecule has 0 aliphatic carbocycles. The van der Waals surface area contributed by atoms with Crippen LogP contribution in [0.3, 0.4) is 0 Å². The lowest BCUT2D eigenvalue weighted by Gasteiger charge is -2.22. The van der Waals surface area contributed by atoms with E-state index in [4.69, 9.17) is 16.3 Å². The molecule has 1 aromatic heterocycles. The van der Waals surface area contributed by atoms with Crippen molar-refractivity contribution in [3.05, 3.63) is 18.0 Å². The lowest BCUT2D eigenvalue weighted by Crippen LogP contribution is -2.19. The predicted octanol–water partition coefficient (Wildman–Crippen LogP) is 2.02. The van der Waals surface area contributed by atoms with Gasteiger partial charge in [-0.15, -0.1) is 11.6 Å². The molecule has 0 aromatic carbocycles. The first-order chi connectivity index (χ1) is 6.90. The molecular weight excluding hydrogens is 200 g/mol. The van der Waals surface area contributed by atoms with E-state index in [0.29, 0.717) is 11.9 Å². The first-order valence-corrected chi connectivity index (χ1v) is 5.60. The fraction of sp³-hybridized carbons (Fsp3) is 0.700. The topological polar surface area (TPSA) is 27.1 Å². The number of ether oxygens (including phenoxy) is 1. The van der Waals surface area contributed by atoms with Gasteiger partial charge in [-0.2, -0.15) is 5.10 Å². The summed E-state index contributed by atoms with van der Waals surface area (Å²) in [5, 5.41) is 4.36. The third-order valence-electron chi connectivity index (χ3n) is 2.60. The van der Waals surface area contributed by atoms with E-state index < -0.39 is 0 Å². The van der Waals surface area contributed by atoms with Crippen LogP contribution >= 0.6 is 11.6 Å². The molecule has 2 rings (SSSR count). The van der Waals surface area contributed by atoms with Gasteiger partial charge in [0, 0.05) is 25.3 Å². The highest BCUT2D eigenvalue weighted by molar-refractivity contribution is 6.17. The molecule has 1 aliphatic heterocycles. The largest absolute Gasteiger partial charge is 0.381 e. The van der Waals surface area contributed by atoms with E-state index in [1.807, 2.05) is 6.20 Å². The molecule has 1 aromatic rings. The number of hydrogen-bond donors (Lipinski definition) is 0. The molecule has 1 saturated heterocycles. The van der Waals surface area contributed by atoms with Crippen molar-refractivity contribution in [2.24, 2.45) is 0 Å². The van der Waals surface area contributed by atoms with Crippen molar-refractivity contribution in [2.75, 3.05) is 19.1 Å². The minimum absolute atomic E-state index is 0.521. The number of alkyl halides is 1. The van der Waals surface area contributed by atoms with Crippen LogP contribution in [0, 0.1) is 0 Å². The van der Waals surface area contributed by atoms with Crippen LogP contribution in [0.5, 0.6) is 0 Å². The Balaban J connectivity index is 2.00. The standard InChI is InChI=1S/C10H15ClN2O/c11-4-1-9-7-12-13(8-9)10-2-5-14-6-3-10/h7-8,10H,1-6H2. The Morgan fingerprint density at radius 3 is 3.00 bits per heavy atom. The van der Waals surface area contributed by atoms with Crippen LogP contribution in [0.25, 0.3) is 0 Å². The first kappa shape index (κ1) is 9.99. The first-order valence-electron chi connectivity index (χ1n) is 5.07. The van der Waals surface area contributed by atoms with Crippen molar-refractivity contribution in [1.82, 2.24) is 9.78 Å². The van der Waals surface area contributed by atoms with Gasteiger partial charge in [0.25, 0.3) is 0 Å². The van der Waals surface area contributed by atoms with E-state index in [2.05, 4.69) is 16.0 Å². The van der Waals surface area contributed by atoms with Crippen LogP contribution in [-0.2, 0) is 11.2 Å². The average molecular weight is 215 g/mol. The van der Waals surface area contributed by atoms with Gasteiger partial charge in [0.05, 0.1) is 12.2 Å². The quantitative estimate of drug-likeness (QED) is 0.720. The summed E-state index contributed by atoms with van der Waals surface area (Å²) in [6.07, 6.45) is 7.07. The van der Waals surface area contributed by atoms with Gasteiger partial charge >= 0.3 is 0 Å². The van der Waals surface area contributed by atoms with Crippen molar-refractivity contribution < 1.29 is 4.74 Å². The number of nitrogens with zero attached hydrogens (tertiary/aromatic N) is 2. The molecular formula is C10H15ClN2O. The minimum atomic E-state index is 0.521. The third-order valence-corrected chi connectivity index (χ3v) is 2.79. The maximum atomic E-state index is 5.67. The van der Waals surface area contributed by atoms with Crippen LogP contribution in [0.15, 0.2) is 12.4 Å². The van der Waals surface area contributed by atoms with Gasteiger partial charge in [-0.25, -0.2) is 0 Å². The Bertz CT molecular complexity index is 281. The zero-order chi connectivity index (χ0) is 9.80. The van der Waals surface area contributed by atoms with Gasteiger partial charge in [-0.3, -0.25) is 4.68 Å². The molecule has 0 radical (unpaired) electrons. The van der Waals surface area contributed by atoms with E-state index in [-0.39, 0.29) is 0 Å². The molecule has 4 heteroatoms. The fourth-order valence-corrected chi connectivity index (χ4v) is 1.98. The number of rotatable bonds is 3. The Morgan fingerprint density at radius 1 is 1.50 bits per heavy atom. The van der Waals surface area contributed by atoms with Crippen LogP contribution in [-0.4, -0.2) is 28.9 Å². The molecule has 1 fully saturated rings. The van der Waals surface area contributed by atoms with Gasteiger partial charge in [0.15, 0.2) is 0 Å². The highest BCUT2D eigenvalue weighted by Gasteiger charge is 2.15. The number of aryl methyl sites for hydroxylation is 1. The molecule has 78 valence electrons. The van der Waals surface area contributed by atoms with Gasteiger partial charge in [-0.1, -0.05) is 0 Å². The van der Waals surface area contributed by atoms with E-state index in [1.165, 1.54) is 5.56 Å². The fourth-order valence-electron chi connectivity index (χ4n) is 1.76. The summed E-state index contributed by atoms with van der Waals surface area (Å²) in [6, 6.07) is 0.521. The lowest BCUT2D eigenvalue weighted by atomic mass is 10.1. The molecule has 0 unspecified atom stereocenters. The van der Waals surface area contributed by atoms with Crippen molar-refractivity contribution >= 4 is 11.6 Å². The SMILES string of the molecule is ClCCc1cnn(C2CCOCC2)c1. The minimum Gasteiger partial charge on any atom is -0.381 e. The highest BCUT2D eigenvalue weighted by Crippen LogP contribution is 2.20. The van der Waals surface area contributed by atoms with Crippen molar-refractivity contribution in [2.45, 2.75) is 25.3 Å². The monoisotopic (exact) mass is 214 g/mol. The van der Waals surface area contributed by atoms with Gasteiger partial charge < -0.3 is 4.74 Å². The second-order valence-corrected chi connectivity index (χ2v) is 3.99. The predicted molar refractivity (Wildman–Crippen MR) is 55.7 cm³/mol. The van der Waals surface area contributed by atoms with Crippen molar-refractivity contribution in [3.63, 3.8) is 0 Å². The Morgan fingerprint density at radius 2 is 2.29 bits per heavy atom. The zero-order valence-electron chi connectivity index (χ0n) is 8.16. The van der Waals surface area contributed by atoms with Gasteiger partial charge in [0.2, 0.25) is 0 Å². The summed E-state index contributed by atoms with van der Waals surface area (Å²) < 4.78 is 7.37. The smallest absolute Gasteiger partial charge is 0.0563 e. The molecule has 0 atom stereocenters. The van der Waals surface area contributed by atoms with Crippen molar-refractivity contribution in [1.29, 1.82) is 0 Å². The Labute approximate surface area is 89.0 Å². The second-order valence-electron chi connectivity index (χ2n) is 3.61. The molecule has 1 aliphatic rings. The summed E-state index contributed by atoms with van der Waals surface area (Å²) in [4.78, 5) is 0. The molecule has 3 nitrogen and oxygen atoms in total. The highest BCUT2D eigenvalue weighted by atomic mass is 35.5. The number of hydrogen-bond acceptors (Lipinski definition) is 2. The molecule has 0 spiro atoms. The summed E-state index contributed by atoms with van der Waals surface area (Å²) >= 11 is 5.67. The lowest BCUT2D eigenvalue weighted by molar-refractivity contribution is 0.0662. The van der Waals surface area contributed by atoms with E-state index in [0.717, 1.165) is 32.5 Å². The maximum absolute atomic E-state index is 5.67. The second kappa shape index (κ2) is 4.80. The normalized spacial score (nSPS) is 18.6.